The van der Waals surface area contributed by atoms with Crippen LogP contribution in [0.5, 0.6) is 0 Å². The molecule has 0 fully saturated rings. The van der Waals surface area contributed by atoms with E-state index in [-0.39, 0.29) is 5.41 Å². The molecule has 0 aliphatic rings. The number of aromatic nitrogens is 1. The van der Waals surface area contributed by atoms with Gasteiger partial charge in [0.15, 0.2) is 0 Å². The summed E-state index contributed by atoms with van der Waals surface area (Å²) in [7, 11) is 0. The van der Waals surface area contributed by atoms with Gasteiger partial charge in [0, 0.05) is 5.56 Å². The smallest absolute Gasteiger partial charge is 0.228 e. The molecular formula is C11H14N2. The van der Waals surface area contributed by atoms with E-state index < -0.39 is 0 Å². The minimum atomic E-state index is 0.190. The number of nitrogens with one attached hydrogen (secondary N) is 1. The van der Waals surface area contributed by atoms with Crippen LogP contribution in [0.4, 0.5) is 5.82 Å². The maximum atomic E-state index is 6.78. The van der Waals surface area contributed by atoms with Crippen molar-refractivity contribution < 1.29 is 0 Å². The predicted molar refractivity (Wildman–Crippen MR) is 55.5 cm³/mol. The lowest BCUT2D eigenvalue weighted by Gasteiger charge is -2.10. The molecule has 0 spiro atoms. The average Bonchev–Trinajstić information content (AvgIpc) is 2.47. The highest BCUT2D eigenvalue weighted by Gasteiger charge is 2.03. The molecule has 1 rings (SSSR count). The van der Waals surface area contributed by atoms with E-state index in [1.54, 1.807) is 0 Å². The normalized spacial score (nSPS) is 11.8. The molecule has 13 heavy (non-hydrogen) atoms. The molecular weight excluding hydrogens is 160 g/mol. The maximum Gasteiger partial charge on any atom is 0.228 e. The van der Waals surface area contributed by atoms with Crippen molar-refractivity contribution in [1.29, 1.82) is 0 Å². The van der Waals surface area contributed by atoms with Crippen LogP contribution >= 0.6 is 0 Å². The zero-order valence-corrected chi connectivity index (χ0v) is 8.26. The molecule has 1 aromatic heterocycles. The van der Waals surface area contributed by atoms with Gasteiger partial charge in [-0.25, -0.2) is 0 Å². The van der Waals surface area contributed by atoms with Gasteiger partial charge in [0.25, 0.3) is 0 Å². The van der Waals surface area contributed by atoms with Gasteiger partial charge < -0.3 is 9.83 Å². The SMILES string of the molecule is [C-]#[N+]c1cc(/C=C/C(C)(C)C)c[nH]1. The molecule has 0 unspecified atom stereocenters. The second-order valence-corrected chi connectivity index (χ2v) is 4.13. The highest BCUT2D eigenvalue weighted by Crippen LogP contribution is 2.19. The Bertz CT molecular complexity index is 345. The van der Waals surface area contributed by atoms with Crippen LogP contribution in [0.2, 0.25) is 0 Å². The number of aromatic amines is 1. The number of rotatable bonds is 1. The van der Waals surface area contributed by atoms with E-state index in [4.69, 9.17) is 6.57 Å². The van der Waals surface area contributed by atoms with E-state index in [0.717, 1.165) is 5.56 Å². The average molecular weight is 174 g/mol. The lowest BCUT2D eigenvalue weighted by Crippen LogP contribution is -1.97. The summed E-state index contributed by atoms with van der Waals surface area (Å²) in [4.78, 5) is 6.18. The lowest BCUT2D eigenvalue weighted by molar-refractivity contribution is 0.547. The van der Waals surface area contributed by atoms with Gasteiger partial charge in [-0.3, -0.25) is 0 Å². The molecule has 0 aliphatic carbocycles. The topological polar surface area (TPSA) is 20.1 Å². The van der Waals surface area contributed by atoms with Crippen LogP contribution in [0.25, 0.3) is 10.9 Å². The third kappa shape index (κ3) is 3.16. The van der Waals surface area contributed by atoms with Gasteiger partial charge in [0.2, 0.25) is 5.82 Å². The first-order valence-electron chi connectivity index (χ1n) is 4.26. The van der Waals surface area contributed by atoms with Gasteiger partial charge in [-0.05, 0) is 11.5 Å². The van der Waals surface area contributed by atoms with Crippen molar-refractivity contribution in [2.45, 2.75) is 20.8 Å². The number of hydrogen-bond donors (Lipinski definition) is 1. The van der Waals surface area contributed by atoms with Crippen LogP contribution in [0.1, 0.15) is 26.3 Å². The zero-order chi connectivity index (χ0) is 9.90. The van der Waals surface area contributed by atoms with Crippen LogP contribution < -0.4 is 0 Å². The first kappa shape index (κ1) is 9.60. The number of H-pyrrole nitrogens is 1. The van der Waals surface area contributed by atoms with Crippen LogP contribution in [0.3, 0.4) is 0 Å². The Morgan fingerprint density at radius 3 is 2.62 bits per heavy atom. The summed E-state index contributed by atoms with van der Waals surface area (Å²) in [5, 5.41) is 0. The molecule has 0 bridgehead atoms. The van der Waals surface area contributed by atoms with Gasteiger partial charge in [-0.2, -0.15) is 0 Å². The quantitative estimate of drug-likeness (QED) is 0.627. The number of allylic oxidation sites excluding steroid dienone is 1. The van der Waals surface area contributed by atoms with Crippen molar-refractivity contribution >= 4 is 11.9 Å². The van der Waals surface area contributed by atoms with Crippen LogP contribution in [-0.4, -0.2) is 4.98 Å². The predicted octanol–water partition coefficient (Wildman–Crippen LogP) is 3.62. The van der Waals surface area contributed by atoms with E-state index in [9.17, 15) is 0 Å². The van der Waals surface area contributed by atoms with Gasteiger partial charge >= 0.3 is 0 Å². The molecule has 1 aromatic rings. The monoisotopic (exact) mass is 174 g/mol. The van der Waals surface area contributed by atoms with Gasteiger partial charge in [0.1, 0.15) is 0 Å². The molecule has 0 aliphatic heterocycles. The Morgan fingerprint density at radius 2 is 2.15 bits per heavy atom. The Morgan fingerprint density at radius 1 is 1.46 bits per heavy atom. The standard InChI is InChI=1S/C11H14N2/c1-11(2,3)6-5-9-7-10(12-4)13-8-9/h5-8,13H,1-3H3/b6-5+. The maximum absolute atomic E-state index is 6.78. The minimum absolute atomic E-state index is 0.190. The van der Waals surface area contributed by atoms with E-state index in [2.05, 4.69) is 36.7 Å². The van der Waals surface area contributed by atoms with Crippen molar-refractivity contribution in [2.75, 3.05) is 0 Å². The Labute approximate surface area is 79.1 Å². The molecule has 0 amide bonds. The fourth-order valence-electron chi connectivity index (χ4n) is 0.905. The number of hydrogen-bond acceptors (Lipinski definition) is 0. The molecule has 0 saturated carbocycles. The molecule has 1 heterocycles. The summed E-state index contributed by atoms with van der Waals surface area (Å²) in [6.45, 7) is 13.2. The Hall–Kier alpha value is -1.49. The third-order valence-electron chi connectivity index (χ3n) is 1.59. The third-order valence-corrected chi connectivity index (χ3v) is 1.59. The van der Waals surface area contributed by atoms with E-state index in [1.807, 2.05) is 18.3 Å². The second kappa shape index (κ2) is 3.49. The van der Waals surface area contributed by atoms with E-state index in [1.165, 1.54) is 0 Å². The van der Waals surface area contributed by atoms with Crippen molar-refractivity contribution in [1.82, 2.24) is 4.98 Å². The van der Waals surface area contributed by atoms with Crippen LogP contribution in [0.15, 0.2) is 18.3 Å². The minimum Gasteiger partial charge on any atom is -0.364 e. The summed E-state index contributed by atoms with van der Waals surface area (Å²) in [5.41, 5.74) is 1.25. The van der Waals surface area contributed by atoms with Crippen molar-refractivity contribution in [3.05, 3.63) is 35.3 Å². The van der Waals surface area contributed by atoms with Crippen LogP contribution in [0, 0.1) is 12.0 Å². The van der Waals surface area contributed by atoms with E-state index in [0.29, 0.717) is 5.82 Å². The summed E-state index contributed by atoms with van der Waals surface area (Å²) in [6, 6.07) is 1.84. The summed E-state index contributed by atoms with van der Waals surface area (Å²) < 4.78 is 0. The van der Waals surface area contributed by atoms with Gasteiger partial charge in [-0.1, -0.05) is 39.5 Å². The van der Waals surface area contributed by atoms with E-state index >= 15 is 0 Å². The molecule has 0 atom stereocenters. The van der Waals surface area contributed by atoms with Crippen molar-refractivity contribution in [3.8, 4) is 0 Å². The largest absolute Gasteiger partial charge is 0.364 e. The first-order valence-corrected chi connectivity index (χ1v) is 4.26. The second-order valence-electron chi connectivity index (χ2n) is 4.13. The molecule has 0 radical (unpaired) electrons. The molecule has 2 nitrogen and oxygen atoms in total. The van der Waals surface area contributed by atoms with Crippen molar-refractivity contribution in [3.63, 3.8) is 0 Å². The van der Waals surface area contributed by atoms with Gasteiger partial charge in [-0.15, -0.1) is 0 Å². The molecule has 2 heteroatoms. The Balaban J connectivity index is 2.76. The summed E-state index contributed by atoms with van der Waals surface area (Å²) in [5.74, 6) is 0.591. The lowest BCUT2D eigenvalue weighted by atomic mass is 9.96. The molecule has 0 saturated heterocycles. The Kier molecular flexibility index (Phi) is 2.57. The fraction of sp³-hybridized carbons (Fsp3) is 0.364. The summed E-state index contributed by atoms with van der Waals surface area (Å²) in [6.07, 6.45) is 6.00. The molecule has 1 N–H and O–H groups in total. The highest BCUT2D eigenvalue weighted by atomic mass is 14.9. The van der Waals surface area contributed by atoms with Crippen LogP contribution in [-0.2, 0) is 0 Å². The fourth-order valence-corrected chi connectivity index (χ4v) is 0.905. The highest BCUT2D eigenvalue weighted by molar-refractivity contribution is 5.55. The van der Waals surface area contributed by atoms with Crippen molar-refractivity contribution in [2.24, 2.45) is 5.41 Å². The molecule has 68 valence electrons. The first-order chi connectivity index (χ1) is 6.01. The zero-order valence-electron chi connectivity index (χ0n) is 8.26. The summed E-state index contributed by atoms with van der Waals surface area (Å²) >= 11 is 0. The molecule has 0 aromatic carbocycles. The van der Waals surface area contributed by atoms with Gasteiger partial charge in [0.05, 0.1) is 6.20 Å². The number of nitrogens with zero attached hydrogens (tertiary/aromatic N) is 1.